The van der Waals surface area contributed by atoms with Crippen LogP contribution < -0.4 is 0 Å². The predicted octanol–water partition coefficient (Wildman–Crippen LogP) is 6.56. The average Bonchev–Trinajstić information content (AvgIpc) is 2.57. The summed E-state index contributed by atoms with van der Waals surface area (Å²) in [4.78, 5) is 0. The maximum absolute atomic E-state index is 14.1. The van der Waals surface area contributed by atoms with Gasteiger partial charge in [-0.25, -0.2) is 4.39 Å². The Hall–Kier alpha value is -1.63. The smallest absolute Gasteiger partial charge is 0.131 e. The first-order chi connectivity index (χ1) is 11.2. The van der Waals surface area contributed by atoms with Crippen molar-refractivity contribution in [2.24, 2.45) is 11.8 Å². The standard InChI is InChI=1S/C22H27F/c1-3-17-5-7-18(8-6-17)15-19-9-11-20(12-10-19)21-13-4-16(2)14-22(21)23/h4,9-14,17-18H,3,5-8,15H2,1-2H3. The van der Waals surface area contributed by atoms with E-state index in [0.29, 0.717) is 5.56 Å². The number of aryl methyl sites for hydroxylation is 1. The van der Waals surface area contributed by atoms with E-state index in [1.807, 2.05) is 19.1 Å². The lowest BCUT2D eigenvalue weighted by Gasteiger charge is -2.27. The third-order valence-electron chi connectivity index (χ3n) is 5.46. The van der Waals surface area contributed by atoms with Gasteiger partial charge in [0, 0.05) is 5.56 Å². The SMILES string of the molecule is CCC1CCC(Cc2ccc(-c3ccc(C)cc3F)cc2)CC1. The second-order valence-electron chi connectivity index (χ2n) is 7.18. The maximum Gasteiger partial charge on any atom is 0.131 e. The van der Waals surface area contributed by atoms with Crippen LogP contribution in [0.25, 0.3) is 11.1 Å². The third-order valence-corrected chi connectivity index (χ3v) is 5.46. The van der Waals surface area contributed by atoms with E-state index in [1.165, 1.54) is 44.1 Å². The molecule has 0 spiro atoms. The number of halogens is 1. The molecule has 1 saturated carbocycles. The normalized spacial score (nSPS) is 21.3. The van der Waals surface area contributed by atoms with Gasteiger partial charge in [-0.2, -0.15) is 0 Å². The first-order valence-corrected chi connectivity index (χ1v) is 9.01. The first-order valence-electron chi connectivity index (χ1n) is 9.01. The Morgan fingerprint density at radius 2 is 1.57 bits per heavy atom. The molecule has 0 bridgehead atoms. The van der Waals surface area contributed by atoms with Gasteiger partial charge in [0.15, 0.2) is 0 Å². The quantitative estimate of drug-likeness (QED) is 0.600. The Morgan fingerprint density at radius 3 is 2.17 bits per heavy atom. The Kier molecular flexibility index (Phi) is 5.15. The Labute approximate surface area is 139 Å². The van der Waals surface area contributed by atoms with Crippen molar-refractivity contribution in [1.82, 2.24) is 0 Å². The van der Waals surface area contributed by atoms with Crippen molar-refractivity contribution in [3.63, 3.8) is 0 Å². The second kappa shape index (κ2) is 7.29. The lowest BCUT2D eigenvalue weighted by atomic mass is 9.78. The average molecular weight is 310 g/mol. The van der Waals surface area contributed by atoms with E-state index in [1.54, 1.807) is 6.07 Å². The van der Waals surface area contributed by atoms with Crippen molar-refractivity contribution in [1.29, 1.82) is 0 Å². The van der Waals surface area contributed by atoms with E-state index in [2.05, 4.69) is 31.2 Å². The number of rotatable bonds is 4. The molecule has 0 amide bonds. The van der Waals surface area contributed by atoms with Gasteiger partial charge in [-0.05, 0) is 60.8 Å². The van der Waals surface area contributed by atoms with Crippen LogP contribution in [0, 0.1) is 24.6 Å². The minimum atomic E-state index is -0.129. The monoisotopic (exact) mass is 310 g/mol. The van der Waals surface area contributed by atoms with E-state index < -0.39 is 0 Å². The van der Waals surface area contributed by atoms with Gasteiger partial charge in [0.2, 0.25) is 0 Å². The highest BCUT2D eigenvalue weighted by atomic mass is 19.1. The lowest BCUT2D eigenvalue weighted by Crippen LogP contribution is -2.15. The molecular formula is C22H27F. The summed E-state index contributed by atoms with van der Waals surface area (Å²) >= 11 is 0. The molecule has 23 heavy (non-hydrogen) atoms. The fourth-order valence-electron chi connectivity index (χ4n) is 3.85. The van der Waals surface area contributed by atoms with Crippen LogP contribution >= 0.6 is 0 Å². The van der Waals surface area contributed by atoms with Gasteiger partial charge in [-0.15, -0.1) is 0 Å². The molecule has 122 valence electrons. The zero-order valence-corrected chi connectivity index (χ0v) is 14.3. The summed E-state index contributed by atoms with van der Waals surface area (Å²) < 4.78 is 14.1. The highest BCUT2D eigenvalue weighted by molar-refractivity contribution is 5.64. The van der Waals surface area contributed by atoms with Gasteiger partial charge in [-0.3, -0.25) is 0 Å². The molecule has 0 radical (unpaired) electrons. The van der Waals surface area contributed by atoms with Crippen molar-refractivity contribution >= 4 is 0 Å². The van der Waals surface area contributed by atoms with E-state index in [4.69, 9.17) is 0 Å². The van der Waals surface area contributed by atoms with Crippen LogP contribution in [-0.2, 0) is 6.42 Å². The summed E-state index contributed by atoms with van der Waals surface area (Å²) in [5.74, 6) is 1.66. The molecule has 2 aromatic rings. The molecule has 0 N–H and O–H groups in total. The molecule has 1 heteroatoms. The summed E-state index contributed by atoms with van der Waals surface area (Å²) in [6, 6.07) is 14.0. The largest absolute Gasteiger partial charge is 0.206 e. The van der Waals surface area contributed by atoms with Crippen LogP contribution in [0.4, 0.5) is 4.39 Å². The number of hydrogen-bond donors (Lipinski definition) is 0. The van der Waals surface area contributed by atoms with Gasteiger partial charge >= 0.3 is 0 Å². The number of hydrogen-bond acceptors (Lipinski definition) is 0. The van der Waals surface area contributed by atoms with Crippen molar-refractivity contribution in [3.8, 4) is 11.1 Å². The molecule has 1 aliphatic rings. The minimum Gasteiger partial charge on any atom is -0.206 e. The van der Waals surface area contributed by atoms with Gasteiger partial charge in [0.25, 0.3) is 0 Å². The Morgan fingerprint density at radius 1 is 0.913 bits per heavy atom. The number of benzene rings is 2. The summed E-state index contributed by atoms with van der Waals surface area (Å²) in [5, 5.41) is 0. The molecule has 1 aliphatic carbocycles. The summed E-state index contributed by atoms with van der Waals surface area (Å²) in [7, 11) is 0. The van der Waals surface area contributed by atoms with E-state index in [-0.39, 0.29) is 5.82 Å². The second-order valence-corrected chi connectivity index (χ2v) is 7.18. The molecule has 0 aromatic heterocycles. The van der Waals surface area contributed by atoms with Crippen molar-refractivity contribution in [2.45, 2.75) is 52.4 Å². The fourth-order valence-corrected chi connectivity index (χ4v) is 3.85. The fraction of sp³-hybridized carbons (Fsp3) is 0.455. The van der Waals surface area contributed by atoms with Gasteiger partial charge in [-0.1, -0.05) is 62.6 Å². The summed E-state index contributed by atoms with van der Waals surface area (Å²) in [5.41, 5.74) is 4.03. The molecule has 0 aliphatic heterocycles. The van der Waals surface area contributed by atoms with Gasteiger partial charge < -0.3 is 0 Å². The third kappa shape index (κ3) is 4.02. The molecule has 0 heterocycles. The molecule has 3 rings (SSSR count). The highest BCUT2D eigenvalue weighted by Crippen LogP contribution is 2.33. The highest BCUT2D eigenvalue weighted by Gasteiger charge is 2.20. The zero-order valence-electron chi connectivity index (χ0n) is 14.3. The Balaban J connectivity index is 1.65. The van der Waals surface area contributed by atoms with Gasteiger partial charge in [0.05, 0.1) is 0 Å². The molecule has 1 fully saturated rings. The predicted molar refractivity (Wildman–Crippen MR) is 96.0 cm³/mol. The zero-order chi connectivity index (χ0) is 16.2. The topological polar surface area (TPSA) is 0 Å². The first kappa shape index (κ1) is 16.2. The van der Waals surface area contributed by atoms with E-state index in [9.17, 15) is 4.39 Å². The molecule has 2 aromatic carbocycles. The van der Waals surface area contributed by atoms with Crippen molar-refractivity contribution in [2.75, 3.05) is 0 Å². The molecular weight excluding hydrogens is 283 g/mol. The van der Waals surface area contributed by atoms with E-state index >= 15 is 0 Å². The van der Waals surface area contributed by atoms with E-state index in [0.717, 1.165) is 23.0 Å². The van der Waals surface area contributed by atoms with Crippen molar-refractivity contribution in [3.05, 3.63) is 59.4 Å². The van der Waals surface area contributed by atoms with Crippen molar-refractivity contribution < 1.29 is 4.39 Å². The van der Waals surface area contributed by atoms with Crippen LogP contribution in [0.2, 0.25) is 0 Å². The van der Waals surface area contributed by atoms with Crippen LogP contribution in [0.5, 0.6) is 0 Å². The molecule has 0 saturated heterocycles. The van der Waals surface area contributed by atoms with Crippen LogP contribution in [0.3, 0.4) is 0 Å². The molecule has 0 atom stereocenters. The summed E-state index contributed by atoms with van der Waals surface area (Å²) in [6.45, 7) is 4.23. The van der Waals surface area contributed by atoms with Crippen LogP contribution in [0.1, 0.15) is 50.2 Å². The molecule has 0 unspecified atom stereocenters. The molecule has 0 nitrogen and oxygen atoms in total. The Bertz CT molecular complexity index is 634. The minimum absolute atomic E-state index is 0.129. The summed E-state index contributed by atoms with van der Waals surface area (Å²) in [6.07, 6.45) is 8.04. The van der Waals surface area contributed by atoms with Gasteiger partial charge in [0.1, 0.15) is 5.82 Å². The van der Waals surface area contributed by atoms with Crippen LogP contribution in [0.15, 0.2) is 42.5 Å². The van der Waals surface area contributed by atoms with Crippen LogP contribution in [-0.4, -0.2) is 0 Å². The lowest BCUT2D eigenvalue weighted by molar-refractivity contribution is 0.268. The maximum atomic E-state index is 14.1.